The van der Waals surface area contributed by atoms with Crippen LogP contribution in [0.3, 0.4) is 0 Å². The van der Waals surface area contributed by atoms with E-state index in [1.807, 2.05) is 30.9 Å². The third-order valence-electron chi connectivity index (χ3n) is 5.01. The van der Waals surface area contributed by atoms with Gasteiger partial charge in [0.1, 0.15) is 0 Å². The minimum atomic E-state index is 0.300. The van der Waals surface area contributed by atoms with Crippen molar-refractivity contribution in [3.8, 4) is 0 Å². The average Bonchev–Trinajstić information content (AvgIpc) is 3.22. The molecular formula is C19H26N6O. The van der Waals surface area contributed by atoms with Crippen LogP contribution in [0.5, 0.6) is 0 Å². The van der Waals surface area contributed by atoms with Crippen LogP contribution >= 0.6 is 0 Å². The fraction of sp³-hybridized carbons (Fsp3) is 0.526. The van der Waals surface area contributed by atoms with Gasteiger partial charge in [-0.2, -0.15) is 0 Å². The van der Waals surface area contributed by atoms with Crippen molar-refractivity contribution in [1.82, 2.24) is 19.9 Å². The van der Waals surface area contributed by atoms with Crippen LogP contribution in [0.1, 0.15) is 18.4 Å². The highest BCUT2D eigenvalue weighted by atomic mass is 16.5. The molecule has 0 spiro atoms. The van der Waals surface area contributed by atoms with Crippen molar-refractivity contribution in [2.24, 2.45) is 0 Å². The Morgan fingerprint density at radius 2 is 1.96 bits per heavy atom. The zero-order valence-corrected chi connectivity index (χ0v) is 15.0. The number of ether oxygens (including phenoxy) is 1. The Labute approximate surface area is 154 Å². The Bertz CT molecular complexity index is 666. The van der Waals surface area contributed by atoms with E-state index in [0.717, 1.165) is 64.3 Å². The molecule has 0 bridgehead atoms. The molecule has 2 aliphatic heterocycles. The highest BCUT2D eigenvalue weighted by molar-refractivity contribution is 5.44. The highest BCUT2D eigenvalue weighted by Gasteiger charge is 2.18. The number of nitrogens with zero attached hydrogens (tertiary/aromatic N) is 5. The third-order valence-corrected chi connectivity index (χ3v) is 5.01. The maximum atomic E-state index is 5.61. The summed E-state index contributed by atoms with van der Waals surface area (Å²) in [7, 11) is 0. The Morgan fingerprint density at radius 3 is 2.65 bits per heavy atom. The summed E-state index contributed by atoms with van der Waals surface area (Å²) in [6, 6.07) is 4.12. The molecule has 2 fully saturated rings. The second-order valence-corrected chi connectivity index (χ2v) is 6.91. The number of hydrogen-bond acceptors (Lipinski definition) is 7. The molecule has 2 aromatic rings. The van der Waals surface area contributed by atoms with Crippen LogP contribution in [0.2, 0.25) is 0 Å². The zero-order valence-electron chi connectivity index (χ0n) is 15.0. The van der Waals surface area contributed by atoms with Gasteiger partial charge in [-0.1, -0.05) is 0 Å². The van der Waals surface area contributed by atoms with E-state index < -0.39 is 0 Å². The van der Waals surface area contributed by atoms with Gasteiger partial charge in [0.05, 0.1) is 18.0 Å². The van der Waals surface area contributed by atoms with Crippen molar-refractivity contribution in [2.45, 2.75) is 25.5 Å². The molecule has 4 rings (SSSR count). The molecule has 7 heteroatoms. The van der Waals surface area contributed by atoms with Gasteiger partial charge in [-0.3, -0.25) is 9.88 Å². The van der Waals surface area contributed by atoms with Crippen molar-refractivity contribution >= 4 is 11.6 Å². The Hall–Kier alpha value is -2.25. The van der Waals surface area contributed by atoms with E-state index in [-0.39, 0.29) is 0 Å². The average molecular weight is 354 g/mol. The number of pyridine rings is 1. The monoisotopic (exact) mass is 354 g/mol. The molecule has 2 saturated heterocycles. The lowest BCUT2D eigenvalue weighted by Gasteiger charge is -2.35. The van der Waals surface area contributed by atoms with E-state index >= 15 is 0 Å². The summed E-state index contributed by atoms with van der Waals surface area (Å²) in [5.41, 5.74) is 2.36. The van der Waals surface area contributed by atoms with Gasteiger partial charge >= 0.3 is 0 Å². The third kappa shape index (κ3) is 4.47. The fourth-order valence-corrected chi connectivity index (χ4v) is 3.50. The van der Waals surface area contributed by atoms with Crippen LogP contribution in [0, 0.1) is 0 Å². The second-order valence-electron chi connectivity index (χ2n) is 6.91. The van der Waals surface area contributed by atoms with E-state index in [1.165, 1.54) is 5.69 Å². The van der Waals surface area contributed by atoms with Crippen LogP contribution in [0.15, 0.2) is 36.9 Å². The maximum absolute atomic E-state index is 5.61. The summed E-state index contributed by atoms with van der Waals surface area (Å²) in [5, 5.41) is 3.27. The number of anilines is 2. The molecule has 1 atom stereocenters. The largest absolute Gasteiger partial charge is 0.376 e. The number of aromatic nitrogens is 3. The molecule has 2 aromatic heterocycles. The lowest BCUT2D eigenvalue weighted by molar-refractivity contribution is 0.120. The van der Waals surface area contributed by atoms with Gasteiger partial charge in [-0.15, -0.1) is 0 Å². The van der Waals surface area contributed by atoms with E-state index in [4.69, 9.17) is 4.74 Å². The zero-order chi connectivity index (χ0) is 17.6. The van der Waals surface area contributed by atoms with E-state index in [1.54, 1.807) is 0 Å². The summed E-state index contributed by atoms with van der Waals surface area (Å²) in [5.74, 6) is 0.686. The van der Waals surface area contributed by atoms with Gasteiger partial charge < -0.3 is 15.0 Å². The summed E-state index contributed by atoms with van der Waals surface area (Å²) in [6.45, 7) is 6.67. The Kier molecular flexibility index (Phi) is 5.56. The predicted octanol–water partition coefficient (Wildman–Crippen LogP) is 1.78. The first-order valence-corrected chi connectivity index (χ1v) is 9.40. The van der Waals surface area contributed by atoms with Gasteiger partial charge in [0.15, 0.2) is 0 Å². The van der Waals surface area contributed by atoms with Crippen LogP contribution in [0.4, 0.5) is 11.6 Å². The molecule has 0 aromatic carbocycles. The quantitative estimate of drug-likeness (QED) is 0.848. The summed E-state index contributed by atoms with van der Waals surface area (Å²) >= 11 is 0. The smallest absolute Gasteiger partial charge is 0.222 e. The van der Waals surface area contributed by atoms with Crippen LogP contribution < -0.4 is 10.2 Å². The van der Waals surface area contributed by atoms with E-state index in [9.17, 15) is 0 Å². The van der Waals surface area contributed by atoms with Gasteiger partial charge in [-0.25, -0.2) is 9.97 Å². The van der Waals surface area contributed by atoms with Crippen LogP contribution in [0.25, 0.3) is 0 Å². The van der Waals surface area contributed by atoms with Crippen LogP contribution in [-0.4, -0.2) is 65.3 Å². The van der Waals surface area contributed by atoms with E-state index in [0.29, 0.717) is 12.1 Å². The summed E-state index contributed by atoms with van der Waals surface area (Å²) in [4.78, 5) is 17.9. The summed E-state index contributed by atoms with van der Waals surface area (Å²) in [6.07, 6.45) is 10.2. The Morgan fingerprint density at radius 1 is 1.12 bits per heavy atom. The number of hydrogen-bond donors (Lipinski definition) is 1. The normalized spacial score (nSPS) is 21.1. The molecule has 7 nitrogen and oxygen atoms in total. The lowest BCUT2D eigenvalue weighted by atomic mass is 10.2. The van der Waals surface area contributed by atoms with Crippen molar-refractivity contribution in [3.63, 3.8) is 0 Å². The van der Waals surface area contributed by atoms with Gasteiger partial charge in [0, 0.05) is 70.0 Å². The number of piperazine rings is 1. The van der Waals surface area contributed by atoms with Gasteiger partial charge in [0.2, 0.25) is 5.95 Å². The molecule has 4 heterocycles. The van der Waals surface area contributed by atoms with Crippen molar-refractivity contribution < 1.29 is 4.74 Å². The molecular weight excluding hydrogens is 328 g/mol. The number of rotatable bonds is 6. The fourth-order valence-electron chi connectivity index (χ4n) is 3.50. The number of nitrogens with one attached hydrogen (secondary N) is 1. The Balaban J connectivity index is 1.23. The van der Waals surface area contributed by atoms with Crippen molar-refractivity contribution in [2.75, 3.05) is 49.5 Å². The standard InChI is InChI=1S/C19H26N6O/c1-3-17(13-20-5-1)25-8-6-24(7-9-25)15-16-11-21-19(22-12-16)23-14-18-4-2-10-26-18/h1,3,5,11-13,18H,2,4,6-10,14-15H2,(H,21,22,23)/t18-/m0/s1. The first-order chi connectivity index (χ1) is 12.9. The predicted molar refractivity (Wildman–Crippen MR) is 101 cm³/mol. The molecule has 26 heavy (non-hydrogen) atoms. The minimum Gasteiger partial charge on any atom is -0.376 e. The molecule has 0 radical (unpaired) electrons. The second kappa shape index (κ2) is 8.42. The van der Waals surface area contributed by atoms with Gasteiger partial charge in [-0.05, 0) is 25.0 Å². The first-order valence-electron chi connectivity index (χ1n) is 9.40. The molecule has 0 amide bonds. The SMILES string of the molecule is c1cncc(N2CCN(Cc3cnc(NC[C@@H]4CCCO4)nc3)CC2)c1. The minimum absolute atomic E-state index is 0.300. The molecule has 138 valence electrons. The maximum Gasteiger partial charge on any atom is 0.222 e. The molecule has 0 aliphatic carbocycles. The van der Waals surface area contributed by atoms with E-state index in [2.05, 4.69) is 36.1 Å². The van der Waals surface area contributed by atoms with Crippen molar-refractivity contribution in [3.05, 3.63) is 42.5 Å². The molecule has 2 aliphatic rings. The molecule has 0 saturated carbocycles. The topological polar surface area (TPSA) is 66.4 Å². The lowest BCUT2D eigenvalue weighted by Crippen LogP contribution is -2.46. The van der Waals surface area contributed by atoms with Gasteiger partial charge in [0.25, 0.3) is 0 Å². The molecule has 0 unspecified atom stereocenters. The molecule has 1 N–H and O–H groups in total. The first kappa shape index (κ1) is 17.2. The van der Waals surface area contributed by atoms with Crippen molar-refractivity contribution in [1.29, 1.82) is 0 Å². The highest BCUT2D eigenvalue weighted by Crippen LogP contribution is 2.16. The van der Waals surface area contributed by atoms with Crippen LogP contribution in [-0.2, 0) is 11.3 Å². The summed E-state index contributed by atoms with van der Waals surface area (Å²) < 4.78 is 5.61.